The Morgan fingerprint density at radius 2 is 2.17 bits per heavy atom. The molecule has 0 aliphatic carbocycles. The summed E-state index contributed by atoms with van der Waals surface area (Å²) in [5, 5.41) is 6.24. The zero-order chi connectivity index (χ0) is 16.9. The zero-order valence-electron chi connectivity index (χ0n) is 14.4. The summed E-state index contributed by atoms with van der Waals surface area (Å²) in [6.45, 7) is 4.88. The Balaban J connectivity index is 1.58. The number of benzene rings is 1. The Bertz CT molecular complexity index is 689. The van der Waals surface area contributed by atoms with Crippen LogP contribution in [-0.2, 0) is 11.2 Å². The van der Waals surface area contributed by atoms with Crippen molar-refractivity contribution in [3.8, 4) is 10.6 Å². The van der Waals surface area contributed by atoms with Gasteiger partial charge in [0.25, 0.3) is 0 Å². The van der Waals surface area contributed by atoms with Gasteiger partial charge in [-0.2, -0.15) is 0 Å². The maximum Gasteiger partial charge on any atom is 0.228 e. The molecule has 0 atom stereocenters. The number of hydrogen-bond acceptors (Lipinski definition) is 4. The van der Waals surface area contributed by atoms with Crippen LogP contribution in [0.3, 0.4) is 0 Å². The number of amides is 1. The second-order valence-electron chi connectivity index (χ2n) is 6.57. The van der Waals surface area contributed by atoms with Gasteiger partial charge in [0.2, 0.25) is 5.91 Å². The highest BCUT2D eigenvalue weighted by Crippen LogP contribution is 2.25. The number of carbonyl (C=O) groups excluding carboxylic acids is 1. The number of carbonyl (C=O) groups is 1. The van der Waals surface area contributed by atoms with E-state index < -0.39 is 0 Å². The molecule has 5 heteroatoms. The van der Waals surface area contributed by atoms with Crippen LogP contribution in [0, 0.1) is 12.8 Å². The van der Waals surface area contributed by atoms with E-state index in [1.54, 1.807) is 11.3 Å². The van der Waals surface area contributed by atoms with E-state index in [4.69, 9.17) is 0 Å². The summed E-state index contributed by atoms with van der Waals surface area (Å²) in [4.78, 5) is 19.2. The number of nitrogens with one attached hydrogen (secondary N) is 1. The van der Waals surface area contributed by atoms with E-state index in [-0.39, 0.29) is 5.91 Å². The van der Waals surface area contributed by atoms with Gasteiger partial charge in [0.1, 0.15) is 5.01 Å². The average Bonchev–Trinajstić information content (AvgIpc) is 3.04. The molecule has 1 saturated heterocycles. The Hall–Kier alpha value is -1.72. The molecule has 1 amide bonds. The zero-order valence-corrected chi connectivity index (χ0v) is 15.2. The monoisotopic (exact) mass is 343 g/mol. The second-order valence-corrected chi connectivity index (χ2v) is 7.43. The van der Waals surface area contributed by atoms with Crippen molar-refractivity contribution in [2.45, 2.75) is 26.2 Å². The number of hydrogen-bond donors (Lipinski definition) is 1. The van der Waals surface area contributed by atoms with E-state index >= 15 is 0 Å². The smallest absolute Gasteiger partial charge is 0.228 e. The molecule has 1 aliphatic rings. The van der Waals surface area contributed by atoms with E-state index in [1.807, 2.05) is 23.4 Å². The van der Waals surface area contributed by atoms with Gasteiger partial charge in [-0.15, -0.1) is 11.3 Å². The van der Waals surface area contributed by atoms with Gasteiger partial charge in [-0.05, 0) is 45.3 Å². The van der Waals surface area contributed by atoms with Gasteiger partial charge in [-0.25, -0.2) is 4.98 Å². The van der Waals surface area contributed by atoms with Crippen molar-refractivity contribution in [3.05, 3.63) is 40.9 Å². The van der Waals surface area contributed by atoms with Crippen molar-refractivity contribution in [2.24, 2.45) is 5.92 Å². The molecule has 0 unspecified atom stereocenters. The van der Waals surface area contributed by atoms with Crippen molar-refractivity contribution in [2.75, 3.05) is 26.7 Å². The number of nitrogens with zero attached hydrogens (tertiary/aromatic N) is 2. The number of rotatable bonds is 5. The fraction of sp³-hybridized carbons (Fsp3) is 0.474. The van der Waals surface area contributed by atoms with Gasteiger partial charge in [0.15, 0.2) is 0 Å². The topological polar surface area (TPSA) is 45.2 Å². The first-order valence-electron chi connectivity index (χ1n) is 8.59. The molecule has 4 nitrogen and oxygen atoms in total. The van der Waals surface area contributed by atoms with Crippen molar-refractivity contribution in [1.82, 2.24) is 15.2 Å². The molecule has 1 aromatic heterocycles. The fourth-order valence-corrected chi connectivity index (χ4v) is 4.06. The predicted molar refractivity (Wildman–Crippen MR) is 99.2 cm³/mol. The highest BCUT2D eigenvalue weighted by Gasteiger charge is 2.23. The van der Waals surface area contributed by atoms with Crippen molar-refractivity contribution >= 4 is 17.2 Å². The van der Waals surface area contributed by atoms with Gasteiger partial charge in [0, 0.05) is 24.0 Å². The van der Waals surface area contributed by atoms with Gasteiger partial charge >= 0.3 is 0 Å². The molecule has 2 heterocycles. The van der Waals surface area contributed by atoms with Crippen LogP contribution in [0.25, 0.3) is 10.6 Å². The van der Waals surface area contributed by atoms with Crippen LogP contribution in [0.2, 0.25) is 0 Å². The van der Waals surface area contributed by atoms with Crippen molar-refractivity contribution in [3.63, 3.8) is 0 Å². The quantitative estimate of drug-likeness (QED) is 0.907. The minimum atomic E-state index is 0.207. The van der Waals surface area contributed by atoms with Crippen LogP contribution in [0.1, 0.15) is 24.1 Å². The van der Waals surface area contributed by atoms with E-state index in [1.165, 1.54) is 5.56 Å². The number of piperidine rings is 1. The van der Waals surface area contributed by atoms with Crippen LogP contribution in [0.4, 0.5) is 0 Å². The summed E-state index contributed by atoms with van der Waals surface area (Å²) >= 11 is 1.62. The Morgan fingerprint density at radius 1 is 1.38 bits per heavy atom. The molecule has 1 aromatic carbocycles. The first-order valence-corrected chi connectivity index (χ1v) is 9.47. The van der Waals surface area contributed by atoms with Crippen LogP contribution in [0.15, 0.2) is 29.6 Å². The molecule has 1 fully saturated rings. The third-order valence-corrected chi connectivity index (χ3v) is 5.55. The third kappa shape index (κ3) is 4.22. The maximum atomic E-state index is 12.5. The number of aromatic nitrogens is 1. The molecule has 2 aromatic rings. The summed E-state index contributed by atoms with van der Waals surface area (Å²) in [5.74, 6) is 0.908. The average molecular weight is 343 g/mol. The first kappa shape index (κ1) is 17.1. The molecular weight excluding hydrogens is 318 g/mol. The third-order valence-electron chi connectivity index (χ3n) is 4.61. The van der Waals surface area contributed by atoms with Gasteiger partial charge < -0.3 is 10.2 Å². The lowest BCUT2D eigenvalue weighted by Gasteiger charge is -2.31. The predicted octanol–water partition coefficient (Wildman–Crippen LogP) is 3.12. The van der Waals surface area contributed by atoms with Crippen LogP contribution in [-0.4, -0.2) is 42.5 Å². The molecular formula is C19H25N3OS. The van der Waals surface area contributed by atoms with Crippen LogP contribution in [0.5, 0.6) is 0 Å². The molecule has 0 spiro atoms. The maximum absolute atomic E-state index is 12.5. The molecule has 0 saturated carbocycles. The van der Waals surface area contributed by atoms with E-state index in [0.29, 0.717) is 12.3 Å². The summed E-state index contributed by atoms with van der Waals surface area (Å²) in [7, 11) is 1.99. The normalized spacial score (nSPS) is 15.7. The Morgan fingerprint density at radius 3 is 2.88 bits per heavy atom. The van der Waals surface area contributed by atoms with Gasteiger partial charge in [0.05, 0.1) is 12.1 Å². The minimum Gasteiger partial charge on any atom is -0.342 e. The molecule has 128 valence electrons. The Kier molecular flexibility index (Phi) is 5.63. The fourth-order valence-electron chi connectivity index (χ4n) is 3.24. The SMILES string of the molecule is CNCC1CCN(C(=O)Cc2csc(-c3cccc(C)c3)n2)CC1. The number of likely N-dealkylation sites (tertiary alicyclic amines) is 1. The lowest BCUT2D eigenvalue weighted by atomic mass is 9.96. The highest BCUT2D eigenvalue weighted by molar-refractivity contribution is 7.13. The van der Waals surface area contributed by atoms with Crippen LogP contribution >= 0.6 is 11.3 Å². The van der Waals surface area contributed by atoms with Gasteiger partial charge in [-0.3, -0.25) is 4.79 Å². The highest BCUT2D eigenvalue weighted by atomic mass is 32.1. The molecule has 1 aliphatic heterocycles. The standard InChI is InChI=1S/C19H25N3OS/c1-14-4-3-5-16(10-14)19-21-17(13-24-19)11-18(23)22-8-6-15(7-9-22)12-20-2/h3-5,10,13,15,20H,6-9,11-12H2,1-2H3. The Labute approximate surface area is 147 Å². The van der Waals surface area contributed by atoms with Crippen molar-refractivity contribution in [1.29, 1.82) is 0 Å². The number of aryl methyl sites for hydroxylation is 1. The minimum absolute atomic E-state index is 0.207. The molecule has 1 N–H and O–H groups in total. The van der Waals surface area contributed by atoms with E-state index in [9.17, 15) is 4.79 Å². The second kappa shape index (κ2) is 7.90. The summed E-state index contributed by atoms with van der Waals surface area (Å²) in [6.07, 6.45) is 2.61. The summed E-state index contributed by atoms with van der Waals surface area (Å²) in [5.41, 5.74) is 3.25. The van der Waals surface area contributed by atoms with E-state index in [0.717, 1.165) is 48.7 Å². The summed E-state index contributed by atoms with van der Waals surface area (Å²) in [6, 6.07) is 8.34. The largest absolute Gasteiger partial charge is 0.342 e. The number of thiazole rings is 1. The van der Waals surface area contributed by atoms with E-state index in [2.05, 4.69) is 35.4 Å². The molecule has 24 heavy (non-hydrogen) atoms. The molecule has 0 radical (unpaired) electrons. The van der Waals surface area contributed by atoms with Crippen molar-refractivity contribution < 1.29 is 4.79 Å². The van der Waals surface area contributed by atoms with Gasteiger partial charge in [-0.1, -0.05) is 23.8 Å². The molecule has 3 rings (SSSR count). The van der Waals surface area contributed by atoms with Crippen LogP contribution < -0.4 is 5.32 Å². The lowest BCUT2D eigenvalue weighted by Crippen LogP contribution is -2.41. The summed E-state index contributed by atoms with van der Waals surface area (Å²) < 4.78 is 0. The lowest BCUT2D eigenvalue weighted by molar-refractivity contribution is -0.131. The molecule has 0 bridgehead atoms. The first-order chi connectivity index (χ1) is 11.7.